The number of aromatic nitrogens is 3. The van der Waals surface area contributed by atoms with Crippen LogP contribution in [-0.4, -0.2) is 27.2 Å². The molecule has 0 amide bonds. The van der Waals surface area contributed by atoms with Gasteiger partial charge in [-0.3, -0.25) is 0 Å². The number of hydrogen-bond donors (Lipinski definition) is 1. The molecule has 1 atom stereocenters. The molecule has 114 valence electrons. The number of nitrogens with zero attached hydrogens (tertiary/aromatic N) is 3. The smallest absolute Gasteiger partial charge is 0.152 e. The van der Waals surface area contributed by atoms with E-state index in [-0.39, 0.29) is 11.9 Å². The van der Waals surface area contributed by atoms with Crippen molar-refractivity contribution in [1.29, 1.82) is 0 Å². The average molecular weight is 300 g/mol. The van der Waals surface area contributed by atoms with E-state index >= 15 is 0 Å². The van der Waals surface area contributed by atoms with Crippen molar-refractivity contribution in [3.63, 3.8) is 0 Å². The molecule has 0 radical (unpaired) electrons. The molecule has 3 aromatic rings. The summed E-state index contributed by atoms with van der Waals surface area (Å²) in [5.41, 5.74) is 1.85. The van der Waals surface area contributed by atoms with Gasteiger partial charge in [0.2, 0.25) is 0 Å². The maximum absolute atomic E-state index is 13.1. The molecule has 0 aliphatic rings. The molecule has 1 unspecified atom stereocenters. The Bertz CT molecular complexity index is 787. The molecule has 0 aliphatic heterocycles. The number of rotatable bonds is 5. The van der Waals surface area contributed by atoms with Crippen molar-refractivity contribution in [2.75, 3.05) is 11.9 Å². The molecule has 0 aliphatic carbocycles. The lowest BCUT2D eigenvalue weighted by Gasteiger charge is -2.16. The van der Waals surface area contributed by atoms with Crippen molar-refractivity contribution in [3.8, 4) is 5.75 Å². The van der Waals surface area contributed by atoms with Crippen molar-refractivity contribution in [3.05, 3.63) is 54.2 Å². The van der Waals surface area contributed by atoms with Gasteiger partial charge in [-0.2, -0.15) is 5.10 Å². The molecular weight excluding hydrogens is 283 g/mol. The van der Waals surface area contributed by atoms with Crippen LogP contribution in [0.3, 0.4) is 0 Å². The van der Waals surface area contributed by atoms with Crippen molar-refractivity contribution >= 4 is 11.3 Å². The Morgan fingerprint density at radius 3 is 3.05 bits per heavy atom. The van der Waals surface area contributed by atoms with Crippen molar-refractivity contribution in [2.45, 2.75) is 20.0 Å². The van der Waals surface area contributed by atoms with Gasteiger partial charge in [0.1, 0.15) is 23.2 Å². The maximum Gasteiger partial charge on any atom is 0.152 e. The zero-order chi connectivity index (χ0) is 15.5. The number of hydrogen-bond acceptors (Lipinski definition) is 4. The van der Waals surface area contributed by atoms with Gasteiger partial charge in [0, 0.05) is 18.5 Å². The number of nitrogens with one attached hydrogen (secondary N) is 1. The predicted molar refractivity (Wildman–Crippen MR) is 82.7 cm³/mol. The molecule has 0 spiro atoms. The van der Waals surface area contributed by atoms with Crippen LogP contribution in [0, 0.1) is 12.7 Å². The number of aryl methyl sites for hydroxylation is 1. The molecular formula is C16H17FN4O. The molecule has 22 heavy (non-hydrogen) atoms. The standard InChI is InChI=1S/C16H17FN4O/c1-11-8-15-16(18-6-7-21(15)20-11)19-10-12(2)22-14-5-3-4-13(17)9-14/h3-9,12H,10H2,1-2H3,(H,18,19). The Labute approximate surface area is 127 Å². The van der Waals surface area contributed by atoms with E-state index in [9.17, 15) is 4.39 Å². The van der Waals surface area contributed by atoms with Gasteiger partial charge in [-0.05, 0) is 32.0 Å². The highest BCUT2D eigenvalue weighted by atomic mass is 19.1. The lowest BCUT2D eigenvalue weighted by molar-refractivity contribution is 0.233. The summed E-state index contributed by atoms with van der Waals surface area (Å²) < 4.78 is 20.6. The van der Waals surface area contributed by atoms with Crippen LogP contribution < -0.4 is 10.1 Å². The molecule has 6 heteroatoms. The zero-order valence-corrected chi connectivity index (χ0v) is 12.5. The number of ether oxygens (including phenoxy) is 1. The molecule has 0 saturated carbocycles. The second kappa shape index (κ2) is 6.01. The van der Waals surface area contributed by atoms with E-state index in [4.69, 9.17) is 4.74 Å². The SMILES string of the molecule is Cc1cc2c(NCC(C)Oc3cccc(F)c3)nccn2n1. The molecule has 0 bridgehead atoms. The average Bonchev–Trinajstić information content (AvgIpc) is 2.86. The molecule has 2 heterocycles. The fourth-order valence-electron chi connectivity index (χ4n) is 2.24. The highest BCUT2D eigenvalue weighted by molar-refractivity contribution is 5.67. The molecule has 0 saturated heterocycles. The molecule has 2 aromatic heterocycles. The zero-order valence-electron chi connectivity index (χ0n) is 12.5. The van der Waals surface area contributed by atoms with Gasteiger partial charge >= 0.3 is 0 Å². The van der Waals surface area contributed by atoms with Gasteiger partial charge in [-0.25, -0.2) is 13.9 Å². The highest BCUT2D eigenvalue weighted by Gasteiger charge is 2.08. The van der Waals surface area contributed by atoms with Gasteiger partial charge in [0.15, 0.2) is 5.82 Å². The number of fused-ring (bicyclic) bond motifs is 1. The number of benzene rings is 1. The third kappa shape index (κ3) is 3.16. The lowest BCUT2D eigenvalue weighted by atomic mass is 10.3. The quantitative estimate of drug-likeness (QED) is 0.787. The van der Waals surface area contributed by atoms with E-state index in [1.165, 1.54) is 12.1 Å². The lowest BCUT2D eigenvalue weighted by Crippen LogP contribution is -2.23. The molecule has 1 aromatic carbocycles. The summed E-state index contributed by atoms with van der Waals surface area (Å²) in [6.07, 6.45) is 3.37. The Kier molecular flexibility index (Phi) is 3.91. The van der Waals surface area contributed by atoms with Crippen molar-refractivity contribution < 1.29 is 9.13 Å². The van der Waals surface area contributed by atoms with E-state index in [0.29, 0.717) is 12.3 Å². The first-order valence-electron chi connectivity index (χ1n) is 7.09. The summed E-state index contributed by atoms with van der Waals surface area (Å²) in [5.74, 6) is 0.956. The first-order chi connectivity index (χ1) is 10.6. The summed E-state index contributed by atoms with van der Waals surface area (Å²) >= 11 is 0. The van der Waals surface area contributed by atoms with Crippen LogP contribution in [-0.2, 0) is 0 Å². The third-order valence-corrected chi connectivity index (χ3v) is 3.20. The summed E-state index contributed by atoms with van der Waals surface area (Å²) in [5, 5.41) is 7.59. The van der Waals surface area contributed by atoms with Crippen LogP contribution in [0.1, 0.15) is 12.6 Å². The first kappa shape index (κ1) is 14.3. The summed E-state index contributed by atoms with van der Waals surface area (Å²) in [6.45, 7) is 4.40. The summed E-state index contributed by atoms with van der Waals surface area (Å²) in [4.78, 5) is 4.33. The summed E-state index contributed by atoms with van der Waals surface area (Å²) in [6, 6.07) is 8.09. The Hall–Kier alpha value is -2.63. The molecule has 5 nitrogen and oxygen atoms in total. The van der Waals surface area contributed by atoms with E-state index < -0.39 is 0 Å². The van der Waals surface area contributed by atoms with Gasteiger partial charge < -0.3 is 10.1 Å². The van der Waals surface area contributed by atoms with E-state index in [1.54, 1.807) is 29.0 Å². The van der Waals surface area contributed by atoms with E-state index in [0.717, 1.165) is 17.0 Å². The predicted octanol–water partition coefficient (Wildman–Crippen LogP) is 3.06. The largest absolute Gasteiger partial charge is 0.489 e. The van der Waals surface area contributed by atoms with E-state index in [2.05, 4.69) is 15.4 Å². The second-order valence-electron chi connectivity index (χ2n) is 5.16. The van der Waals surface area contributed by atoms with Crippen molar-refractivity contribution in [1.82, 2.24) is 14.6 Å². The van der Waals surface area contributed by atoms with Gasteiger partial charge in [-0.1, -0.05) is 6.07 Å². The van der Waals surface area contributed by atoms with Crippen molar-refractivity contribution in [2.24, 2.45) is 0 Å². The normalized spacial score (nSPS) is 12.3. The molecule has 3 rings (SSSR count). The monoisotopic (exact) mass is 300 g/mol. The van der Waals surface area contributed by atoms with Gasteiger partial charge in [0.25, 0.3) is 0 Å². The maximum atomic E-state index is 13.1. The minimum absolute atomic E-state index is 0.132. The topological polar surface area (TPSA) is 51.5 Å². The van der Waals surface area contributed by atoms with E-state index in [1.807, 2.05) is 19.9 Å². The van der Waals surface area contributed by atoms with Gasteiger partial charge in [-0.15, -0.1) is 0 Å². The Morgan fingerprint density at radius 1 is 1.36 bits per heavy atom. The van der Waals surface area contributed by atoms with Crippen LogP contribution in [0.4, 0.5) is 10.2 Å². The molecule has 1 N–H and O–H groups in total. The summed E-state index contributed by atoms with van der Waals surface area (Å²) in [7, 11) is 0. The number of halogens is 1. The van der Waals surface area contributed by atoms with Crippen LogP contribution in [0.25, 0.3) is 5.52 Å². The Morgan fingerprint density at radius 2 is 2.23 bits per heavy atom. The van der Waals surface area contributed by atoms with Crippen LogP contribution in [0.5, 0.6) is 5.75 Å². The molecule has 0 fully saturated rings. The van der Waals surface area contributed by atoms with Crippen LogP contribution >= 0.6 is 0 Å². The van der Waals surface area contributed by atoms with Crippen LogP contribution in [0.2, 0.25) is 0 Å². The first-order valence-corrected chi connectivity index (χ1v) is 7.09. The van der Waals surface area contributed by atoms with Crippen LogP contribution in [0.15, 0.2) is 42.7 Å². The van der Waals surface area contributed by atoms with Gasteiger partial charge in [0.05, 0.1) is 12.2 Å². The minimum atomic E-state index is -0.307. The third-order valence-electron chi connectivity index (χ3n) is 3.20. The minimum Gasteiger partial charge on any atom is -0.489 e. The fourth-order valence-corrected chi connectivity index (χ4v) is 2.24. The highest BCUT2D eigenvalue weighted by Crippen LogP contribution is 2.16. The Balaban J connectivity index is 1.66. The second-order valence-corrected chi connectivity index (χ2v) is 5.16. The number of anilines is 1. The fraction of sp³-hybridized carbons (Fsp3) is 0.250.